The van der Waals surface area contributed by atoms with Crippen LogP contribution in [0.1, 0.15) is 22.8 Å². The largest absolute Gasteiger partial charge is 0.351 e. The minimum Gasteiger partial charge on any atom is -0.351 e. The van der Waals surface area contributed by atoms with Crippen molar-refractivity contribution in [3.05, 3.63) is 64.7 Å². The van der Waals surface area contributed by atoms with Crippen LogP contribution < -0.4 is 10.0 Å². The second kappa shape index (κ2) is 9.51. The Hall–Kier alpha value is -1.94. The molecule has 0 radical (unpaired) electrons. The Morgan fingerprint density at radius 1 is 1.04 bits per heavy atom. The molecule has 0 saturated carbocycles. The summed E-state index contributed by atoms with van der Waals surface area (Å²) in [6.45, 7) is 1.53. The summed E-state index contributed by atoms with van der Waals surface area (Å²) in [7, 11) is -7.16. The standard InChI is InChI=1S/C18H21ClN2O5S2/c1-2-27(23,24)11-10-20-18(22)15-8-9-16(19)17(12-15)28(25,26)21-13-14-6-4-3-5-7-14/h3-9,12,21H,2,10-11,13H2,1H3,(H,20,22). The van der Waals surface area contributed by atoms with Crippen molar-refractivity contribution >= 4 is 37.4 Å². The number of sulfone groups is 1. The predicted molar refractivity (Wildman–Crippen MR) is 109 cm³/mol. The van der Waals surface area contributed by atoms with Crippen LogP contribution in [0, 0.1) is 0 Å². The quantitative estimate of drug-likeness (QED) is 0.614. The van der Waals surface area contributed by atoms with Crippen LogP contribution in [-0.2, 0) is 26.4 Å². The molecule has 0 unspecified atom stereocenters. The van der Waals surface area contributed by atoms with Gasteiger partial charge in [-0.1, -0.05) is 48.9 Å². The van der Waals surface area contributed by atoms with Gasteiger partial charge in [0.25, 0.3) is 5.91 Å². The molecule has 0 fully saturated rings. The van der Waals surface area contributed by atoms with Crippen molar-refractivity contribution < 1.29 is 21.6 Å². The first kappa shape index (κ1) is 22.4. The molecule has 0 aromatic heterocycles. The number of carbonyl (C=O) groups is 1. The molecular formula is C18H21ClN2O5S2. The van der Waals surface area contributed by atoms with E-state index < -0.39 is 25.8 Å². The predicted octanol–water partition coefficient (Wildman–Crippen LogP) is 1.98. The fraction of sp³-hybridized carbons (Fsp3) is 0.278. The Labute approximate surface area is 170 Å². The molecule has 0 aliphatic heterocycles. The molecule has 28 heavy (non-hydrogen) atoms. The van der Waals surface area contributed by atoms with E-state index in [0.717, 1.165) is 5.56 Å². The van der Waals surface area contributed by atoms with Crippen molar-refractivity contribution in [3.8, 4) is 0 Å². The zero-order chi connectivity index (χ0) is 20.8. The maximum Gasteiger partial charge on any atom is 0.251 e. The molecule has 7 nitrogen and oxygen atoms in total. The van der Waals surface area contributed by atoms with Gasteiger partial charge in [-0.15, -0.1) is 0 Å². The average molecular weight is 445 g/mol. The van der Waals surface area contributed by atoms with Gasteiger partial charge in [-0.3, -0.25) is 4.79 Å². The average Bonchev–Trinajstić information content (AvgIpc) is 2.67. The van der Waals surface area contributed by atoms with Crippen LogP contribution in [0.5, 0.6) is 0 Å². The second-order valence-electron chi connectivity index (χ2n) is 5.95. The second-order valence-corrected chi connectivity index (χ2v) is 10.6. The molecule has 2 N–H and O–H groups in total. The molecule has 1 amide bonds. The molecule has 0 atom stereocenters. The molecule has 2 aromatic carbocycles. The van der Waals surface area contributed by atoms with Gasteiger partial charge >= 0.3 is 0 Å². The normalized spacial score (nSPS) is 11.9. The zero-order valence-corrected chi connectivity index (χ0v) is 17.6. The van der Waals surface area contributed by atoms with E-state index >= 15 is 0 Å². The lowest BCUT2D eigenvalue weighted by Crippen LogP contribution is -2.30. The molecular weight excluding hydrogens is 424 g/mol. The molecule has 2 aromatic rings. The molecule has 0 heterocycles. The number of benzene rings is 2. The van der Waals surface area contributed by atoms with Crippen molar-refractivity contribution in [2.75, 3.05) is 18.1 Å². The van der Waals surface area contributed by atoms with Crippen molar-refractivity contribution in [1.29, 1.82) is 0 Å². The van der Waals surface area contributed by atoms with Gasteiger partial charge in [0, 0.05) is 24.4 Å². The third-order valence-electron chi connectivity index (χ3n) is 3.93. The third kappa shape index (κ3) is 6.30. The lowest BCUT2D eigenvalue weighted by Gasteiger charge is -2.11. The topological polar surface area (TPSA) is 109 Å². The van der Waals surface area contributed by atoms with Crippen molar-refractivity contribution in [2.45, 2.75) is 18.4 Å². The zero-order valence-electron chi connectivity index (χ0n) is 15.2. The van der Waals surface area contributed by atoms with E-state index in [4.69, 9.17) is 11.6 Å². The van der Waals surface area contributed by atoms with Crippen LogP contribution >= 0.6 is 11.6 Å². The smallest absolute Gasteiger partial charge is 0.251 e. The van der Waals surface area contributed by atoms with Crippen molar-refractivity contribution in [1.82, 2.24) is 10.0 Å². The van der Waals surface area contributed by atoms with Crippen LogP contribution in [-0.4, -0.2) is 40.8 Å². The highest BCUT2D eigenvalue weighted by Gasteiger charge is 2.20. The van der Waals surface area contributed by atoms with Crippen LogP contribution in [0.2, 0.25) is 5.02 Å². The molecule has 0 saturated heterocycles. The summed E-state index contributed by atoms with van der Waals surface area (Å²) < 4.78 is 50.6. The van der Waals surface area contributed by atoms with Crippen LogP contribution in [0.25, 0.3) is 0 Å². The summed E-state index contributed by atoms with van der Waals surface area (Å²) in [5.41, 5.74) is 0.839. The molecule has 0 aliphatic carbocycles. The molecule has 152 valence electrons. The van der Waals surface area contributed by atoms with E-state index in [9.17, 15) is 21.6 Å². The Balaban J connectivity index is 2.12. The van der Waals surface area contributed by atoms with E-state index in [1.807, 2.05) is 6.07 Å². The summed E-state index contributed by atoms with van der Waals surface area (Å²) in [5.74, 6) is -0.784. The summed E-state index contributed by atoms with van der Waals surface area (Å²) in [6, 6.07) is 12.8. The number of hydrogen-bond donors (Lipinski definition) is 2. The minimum absolute atomic E-state index is 0.0146. The summed E-state index contributed by atoms with van der Waals surface area (Å²) >= 11 is 6.02. The van der Waals surface area contributed by atoms with Gasteiger partial charge in [-0.05, 0) is 23.8 Å². The highest BCUT2D eigenvalue weighted by molar-refractivity contribution is 7.91. The van der Waals surface area contributed by atoms with Crippen molar-refractivity contribution in [3.63, 3.8) is 0 Å². The lowest BCUT2D eigenvalue weighted by atomic mass is 10.2. The van der Waals surface area contributed by atoms with Gasteiger partial charge in [0.2, 0.25) is 10.0 Å². The Morgan fingerprint density at radius 3 is 2.36 bits per heavy atom. The summed E-state index contributed by atoms with van der Waals surface area (Å²) in [4.78, 5) is 12.0. The number of halogens is 1. The van der Waals surface area contributed by atoms with Crippen molar-refractivity contribution in [2.24, 2.45) is 0 Å². The van der Waals surface area contributed by atoms with E-state index in [0.29, 0.717) is 0 Å². The van der Waals surface area contributed by atoms with Gasteiger partial charge in [0.05, 0.1) is 10.8 Å². The van der Waals surface area contributed by atoms with E-state index in [1.165, 1.54) is 25.1 Å². The maximum atomic E-state index is 12.6. The fourth-order valence-electron chi connectivity index (χ4n) is 2.27. The molecule has 0 spiro atoms. The number of nitrogens with one attached hydrogen (secondary N) is 2. The summed E-state index contributed by atoms with van der Waals surface area (Å²) in [6.07, 6.45) is 0. The number of rotatable bonds is 9. The van der Waals surface area contributed by atoms with E-state index in [1.54, 1.807) is 24.3 Å². The number of hydrogen-bond acceptors (Lipinski definition) is 5. The monoisotopic (exact) mass is 444 g/mol. The lowest BCUT2D eigenvalue weighted by molar-refractivity contribution is 0.0956. The van der Waals surface area contributed by atoms with Gasteiger partial charge in [-0.2, -0.15) is 0 Å². The molecule has 2 rings (SSSR count). The Kier molecular flexibility index (Phi) is 7.59. The number of amides is 1. The van der Waals surface area contributed by atoms with E-state index in [-0.39, 0.29) is 40.1 Å². The Bertz CT molecular complexity index is 1040. The van der Waals surface area contributed by atoms with E-state index in [2.05, 4.69) is 10.0 Å². The Morgan fingerprint density at radius 2 is 1.71 bits per heavy atom. The first-order chi connectivity index (χ1) is 13.1. The third-order valence-corrected chi connectivity index (χ3v) is 7.52. The van der Waals surface area contributed by atoms with Gasteiger partial charge in [0.15, 0.2) is 9.84 Å². The van der Waals surface area contributed by atoms with Crippen LogP contribution in [0.15, 0.2) is 53.4 Å². The SMILES string of the molecule is CCS(=O)(=O)CCNC(=O)c1ccc(Cl)c(S(=O)(=O)NCc2ccccc2)c1. The molecule has 10 heteroatoms. The molecule has 0 aliphatic rings. The molecule has 0 bridgehead atoms. The number of sulfonamides is 1. The minimum atomic E-state index is -3.95. The highest BCUT2D eigenvalue weighted by Crippen LogP contribution is 2.23. The van der Waals surface area contributed by atoms with Gasteiger partial charge in [0.1, 0.15) is 4.90 Å². The fourth-order valence-corrected chi connectivity index (χ4v) is 4.51. The van der Waals surface area contributed by atoms with Crippen LogP contribution in [0.3, 0.4) is 0 Å². The first-order valence-corrected chi connectivity index (χ1v) is 12.1. The highest BCUT2D eigenvalue weighted by atomic mass is 35.5. The van der Waals surface area contributed by atoms with Gasteiger partial charge in [-0.25, -0.2) is 21.6 Å². The maximum absolute atomic E-state index is 12.6. The number of carbonyl (C=O) groups excluding carboxylic acids is 1. The summed E-state index contributed by atoms with van der Waals surface area (Å²) in [5, 5.41) is 2.45. The van der Waals surface area contributed by atoms with Crippen LogP contribution in [0.4, 0.5) is 0 Å². The first-order valence-electron chi connectivity index (χ1n) is 8.46. The van der Waals surface area contributed by atoms with Gasteiger partial charge < -0.3 is 5.32 Å².